The van der Waals surface area contributed by atoms with Gasteiger partial charge in [0.05, 0.1) is 5.69 Å². The summed E-state index contributed by atoms with van der Waals surface area (Å²) in [7, 11) is -3.56. The molecular weight excluding hydrogens is 364 g/mol. The van der Waals surface area contributed by atoms with Gasteiger partial charge >= 0.3 is 5.97 Å². The molecule has 138 valence electrons. The molecule has 0 atom stereocenters. The number of hydrogen-bond donors (Lipinski definition) is 1. The third kappa shape index (κ3) is 3.89. The molecule has 2 aromatic heterocycles. The molecule has 0 spiro atoms. The van der Waals surface area contributed by atoms with Gasteiger partial charge in [-0.1, -0.05) is 11.2 Å². The van der Waals surface area contributed by atoms with E-state index in [1.54, 1.807) is 0 Å². The Morgan fingerprint density at radius 1 is 1.12 bits per heavy atom. The fourth-order valence-electron chi connectivity index (χ4n) is 2.59. The molecule has 0 saturated carbocycles. The van der Waals surface area contributed by atoms with Gasteiger partial charge in [-0.15, -0.1) is 0 Å². The highest BCUT2D eigenvalue weighted by molar-refractivity contribution is 7.88. The van der Waals surface area contributed by atoms with Crippen LogP contribution in [0.15, 0.2) is 35.1 Å². The third-order valence-corrected chi connectivity index (χ3v) is 5.74. The summed E-state index contributed by atoms with van der Waals surface area (Å²) in [5.41, 5.74) is 0.117. The molecule has 0 aliphatic carbocycles. The second-order valence-electron chi connectivity index (χ2n) is 5.65. The Bertz CT molecular complexity index is 904. The normalized spacial score (nSPS) is 15.8. The Kier molecular flexibility index (Phi) is 5.00. The number of nitrogens with zero attached hydrogens (tertiary/aromatic N) is 4. The minimum atomic E-state index is -3.56. The molecule has 2 aromatic rings. The number of aromatic carboxylic acids is 1. The van der Waals surface area contributed by atoms with Crippen LogP contribution in [0.5, 0.6) is 0 Å². The number of carbonyl (C=O) groups is 2. The third-order valence-electron chi connectivity index (χ3n) is 3.93. The number of piperazine rings is 1. The van der Waals surface area contributed by atoms with Crippen LogP contribution in [0.25, 0.3) is 0 Å². The van der Waals surface area contributed by atoms with Crippen molar-refractivity contribution in [2.75, 3.05) is 26.2 Å². The Labute approximate surface area is 149 Å². The van der Waals surface area contributed by atoms with Crippen LogP contribution in [-0.4, -0.2) is 70.9 Å². The van der Waals surface area contributed by atoms with Crippen LogP contribution in [0.4, 0.5) is 0 Å². The summed E-state index contributed by atoms with van der Waals surface area (Å²) >= 11 is 0. The number of hydrogen-bond acceptors (Lipinski definition) is 7. The van der Waals surface area contributed by atoms with Crippen LogP contribution < -0.4 is 0 Å². The summed E-state index contributed by atoms with van der Waals surface area (Å²) in [5, 5.41) is 12.6. The number of aromatic nitrogens is 2. The molecule has 1 aliphatic rings. The van der Waals surface area contributed by atoms with Crippen LogP contribution in [0.1, 0.15) is 26.7 Å². The minimum Gasteiger partial charge on any atom is -0.477 e. The van der Waals surface area contributed by atoms with E-state index in [1.807, 2.05) is 0 Å². The van der Waals surface area contributed by atoms with Crippen LogP contribution in [0.3, 0.4) is 0 Å². The highest BCUT2D eigenvalue weighted by Crippen LogP contribution is 2.14. The Morgan fingerprint density at radius 3 is 2.42 bits per heavy atom. The Morgan fingerprint density at radius 2 is 1.81 bits per heavy atom. The van der Waals surface area contributed by atoms with Crippen molar-refractivity contribution < 1.29 is 27.6 Å². The van der Waals surface area contributed by atoms with Gasteiger partial charge in [0.2, 0.25) is 10.0 Å². The second-order valence-corrected chi connectivity index (χ2v) is 7.62. The van der Waals surface area contributed by atoms with Crippen LogP contribution in [-0.2, 0) is 15.8 Å². The van der Waals surface area contributed by atoms with E-state index in [1.165, 1.54) is 39.7 Å². The minimum absolute atomic E-state index is 0.0174. The van der Waals surface area contributed by atoms with E-state index in [0.717, 1.165) is 0 Å². The maximum atomic E-state index is 12.5. The van der Waals surface area contributed by atoms with Gasteiger partial charge in [-0.2, -0.15) is 4.31 Å². The maximum absolute atomic E-state index is 12.5. The average Bonchev–Trinajstić information content (AvgIpc) is 3.13. The van der Waals surface area contributed by atoms with E-state index in [2.05, 4.69) is 14.7 Å². The monoisotopic (exact) mass is 380 g/mol. The first-order chi connectivity index (χ1) is 12.4. The summed E-state index contributed by atoms with van der Waals surface area (Å²) in [5.74, 6) is -1.91. The molecule has 3 rings (SSSR count). The molecule has 1 N–H and O–H groups in total. The first-order valence-electron chi connectivity index (χ1n) is 7.73. The summed E-state index contributed by atoms with van der Waals surface area (Å²) in [6.07, 6.45) is 1.31. The Balaban J connectivity index is 1.64. The lowest BCUT2D eigenvalue weighted by Gasteiger charge is -2.33. The van der Waals surface area contributed by atoms with Crippen molar-refractivity contribution in [3.63, 3.8) is 0 Å². The molecule has 0 radical (unpaired) electrons. The molecular formula is C15H16N4O6S. The summed E-state index contributed by atoms with van der Waals surface area (Å²) in [6.45, 7) is 0.667. The molecule has 0 bridgehead atoms. The van der Waals surface area contributed by atoms with E-state index in [9.17, 15) is 18.0 Å². The molecule has 0 unspecified atom stereocenters. The van der Waals surface area contributed by atoms with E-state index < -0.39 is 21.9 Å². The van der Waals surface area contributed by atoms with E-state index in [0.29, 0.717) is 5.69 Å². The standard InChI is InChI=1S/C15H16N4O6S/c20-14(12-2-1-3-13(16-12)15(21)22)18-5-7-19(8-6-18)26(23,24)10-11-4-9-25-17-11/h1-4,9H,5-8,10H2,(H,21,22). The molecule has 26 heavy (non-hydrogen) atoms. The lowest BCUT2D eigenvalue weighted by Crippen LogP contribution is -2.50. The molecule has 0 aromatic carbocycles. The Hall–Kier alpha value is -2.79. The van der Waals surface area contributed by atoms with Crippen molar-refractivity contribution in [2.45, 2.75) is 5.75 Å². The summed E-state index contributed by atoms with van der Waals surface area (Å²) in [4.78, 5) is 28.7. The molecule has 1 saturated heterocycles. The number of sulfonamides is 1. The number of rotatable bonds is 5. The van der Waals surface area contributed by atoms with Crippen molar-refractivity contribution in [3.8, 4) is 0 Å². The van der Waals surface area contributed by atoms with E-state index >= 15 is 0 Å². The number of carbonyl (C=O) groups excluding carboxylic acids is 1. The average molecular weight is 380 g/mol. The first kappa shape index (κ1) is 18.0. The fourth-order valence-corrected chi connectivity index (χ4v) is 4.02. The van der Waals surface area contributed by atoms with Crippen LogP contribution >= 0.6 is 0 Å². The van der Waals surface area contributed by atoms with Gasteiger partial charge in [0.1, 0.15) is 23.4 Å². The zero-order valence-electron chi connectivity index (χ0n) is 13.6. The van der Waals surface area contributed by atoms with Crippen molar-refractivity contribution >= 4 is 21.9 Å². The SMILES string of the molecule is O=C(O)c1cccc(C(=O)N2CCN(S(=O)(=O)Cc3ccon3)CC2)n1. The highest BCUT2D eigenvalue weighted by Gasteiger charge is 2.30. The zero-order chi connectivity index (χ0) is 18.7. The second kappa shape index (κ2) is 7.22. The maximum Gasteiger partial charge on any atom is 0.354 e. The van der Waals surface area contributed by atoms with Crippen molar-refractivity contribution in [1.82, 2.24) is 19.3 Å². The van der Waals surface area contributed by atoms with Gasteiger partial charge in [-0.3, -0.25) is 4.79 Å². The molecule has 11 heteroatoms. The van der Waals surface area contributed by atoms with E-state index in [-0.39, 0.29) is 43.3 Å². The number of pyridine rings is 1. The van der Waals surface area contributed by atoms with Gasteiger partial charge < -0.3 is 14.5 Å². The summed E-state index contributed by atoms with van der Waals surface area (Å²) < 4.78 is 30.7. The van der Waals surface area contributed by atoms with Gasteiger partial charge in [0.15, 0.2) is 0 Å². The topological polar surface area (TPSA) is 134 Å². The van der Waals surface area contributed by atoms with Crippen molar-refractivity contribution in [2.24, 2.45) is 0 Å². The van der Waals surface area contributed by atoms with Gasteiger partial charge in [-0.05, 0) is 12.1 Å². The molecule has 1 aliphatic heterocycles. The fraction of sp³-hybridized carbons (Fsp3) is 0.333. The zero-order valence-corrected chi connectivity index (χ0v) is 14.4. The number of amides is 1. The van der Waals surface area contributed by atoms with Crippen LogP contribution in [0.2, 0.25) is 0 Å². The lowest BCUT2D eigenvalue weighted by atomic mass is 10.2. The van der Waals surface area contributed by atoms with Gasteiger partial charge in [0.25, 0.3) is 5.91 Å². The van der Waals surface area contributed by atoms with Gasteiger partial charge in [-0.25, -0.2) is 18.2 Å². The van der Waals surface area contributed by atoms with Crippen molar-refractivity contribution in [1.29, 1.82) is 0 Å². The van der Waals surface area contributed by atoms with Gasteiger partial charge in [0, 0.05) is 32.2 Å². The lowest BCUT2D eigenvalue weighted by molar-refractivity contribution is 0.0683. The molecule has 10 nitrogen and oxygen atoms in total. The summed E-state index contributed by atoms with van der Waals surface area (Å²) in [6, 6.07) is 5.66. The predicted molar refractivity (Wildman–Crippen MR) is 87.8 cm³/mol. The highest BCUT2D eigenvalue weighted by atomic mass is 32.2. The smallest absolute Gasteiger partial charge is 0.354 e. The molecule has 1 amide bonds. The molecule has 1 fully saturated rings. The predicted octanol–water partition coefficient (Wildman–Crippen LogP) is 0.0556. The molecule has 3 heterocycles. The number of carboxylic acid groups (broad SMARTS) is 1. The van der Waals surface area contributed by atoms with Crippen molar-refractivity contribution in [3.05, 3.63) is 47.6 Å². The first-order valence-corrected chi connectivity index (χ1v) is 9.34. The van der Waals surface area contributed by atoms with E-state index in [4.69, 9.17) is 5.11 Å². The largest absolute Gasteiger partial charge is 0.477 e. The quantitative estimate of drug-likeness (QED) is 0.769. The number of carboxylic acids is 1. The van der Waals surface area contributed by atoms with Crippen LogP contribution in [0, 0.1) is 0 Å².